The monoisotopic (exact) mass is 567 g/mol. The van der Waals surface area contributed by atoms with Crippen LogP contribution in [-0.2, 0) is 9.53 Å². The molecule has 32 heavy (non-hydrogen) atoms. The molecule has 12 heteroatoms. The number of hydrogen-bond donors (Lipinski definition) is 1. The van der Waals surface area contributed by atoms with E-state index in [0.29, 0.717) is 31.2 Å². The summed E-state index contributed by atoms with van der Waals surface area (Å²) in [7, 11) is 0. The highest BCUT2D eigenvalue weighted by atomic mass is 79.9. The van der Waals surface area contributed by atoms with Crippen LogP contribution in [0.25, 0.3) is 11.0 Å². The molecule has 0 aliphatic heterocycles. The van der Waals surface area contributed by atoms with E-state index in [2.05, 4.69) is 42.4 Å². The highest BCUT2D eigenvalue weighted by Crippen LogP contribution is 2.34. The molecule has 166 valence electrons. The van der Waals surface area contributed by atoms with Crippen LogP contribution in [-0.4, -0.2) is 36.2 Å². The Morgan fingerprint density at radius 1 is 1.22 bits per heavy atom. The van der Waals surface area contributed by atoms with Crippen molar-refractivity contribution in [3.05, 3.63) is 66.8 Å². The van der Waals surface area contributed by atoms with Gasteiger partial charge in [0.25, 0.3) is 5.69 Å². The molecule has 0 aliphatic rings. The zero-order chi connectivity index (χ0) is 23.3. The number of fused-ring (bicyclic) bond motifs is 1. The first-order valence-electron chi connectivity index (χ1n) is 9.07. The van der Waals surface area contributed by atoms with Gasteiger partial charge in [-0.3, -0.25) is 14.9 Å². The number of benzene rings is 2. The maximum absolute atomic E-state index is 12.3. The lowest BCUT2D eigenvalue weighted by Crippen LogP contribution is -2.16. The number of furan rings is 1. The van der Waals surface area contributed by atoms with Crippen LogP contribution in [0.1, 0.15) is 23.0 Å². The van der Waals surface area contributed by atoms with Gasteiger partial charge >= 0.3 is 11.9 Å². The first-order chi connectivity index (χ1) is 15.3. The van der Waals surface area contributed by atoms with E-state index in [1.165, 1.54) is 30.5 Å². The Bertz CT molecular complexity index is 1200. The number of carbonyl (C=O) groups is 2. The molecule has 3 aromatic rings. The fourth-order valence-electron chi connectivity index (χ4n) is 2.60. The molecular formula is C20H15Br2N3O7. The molecule has 1 heterocycles. The number of nitro groups is 1. The number of nitro benzene ring substituents is 1. The van der Waals surface area contributed by atoms with Gasteiger partial charge in [-0.15, -0.1) is 0 Å². The molecule has 0 unspecified atom stereocenters. The number of hydrazone groups is 1. The molecule has 1 N–H and O–H groups in total. The maximum atomic E-state index is 12.3. The topological polar surface area (TPSA) is 133 Å². The molecule has 1 amide bonds. The van der Waals surface area contributed by atoms with Gasteiger partial charge in [-0.05, 0) is 68.6 Å². The van der Waals surface area contributed by atoms with Gasteiger partial charge in [0.15, 0.2) is 12.4 Å². The van der Waals surface area contributed by atoms with E-state index in [-0.39, 0.29) is 24.7 Å². The summed E-state index contributed by atoms with van der Waals surface area (Å²) in [5.74, 6) is -0.731. The van der Waals surface area contributed by atoms with Crippen molar-refractivity contribution in [3.63, 3.8) is 0 Å². The lowest BCUT2D eigenvalue weighted by molar-refractivity contribution is -0.384. The van der Waals surface area contributed by atoms with E-state index in [1.54, 1.807) is 19.1 Å². The van der Waals surface area contributed by atoms with Crippen molar-refractivity contribution in [1.29, 1.82) is 0 Å². The summed E-state index contributed by atoms with van der Waals surface area (Å²) >= 11 is 6.72. The summed E-state index contributed by atoms with van der Waals surface area (Å²) in [6.45, 7) is 1.73. The summed E-state index contributed by atoms with van der Waals surface area (Å²) in [6.07, 6.45) is 1.40. The fraction of sp³-hybridized carbons (Fsp3) is 0.150. The molecule has 0 fully saturated rings. The molecule has 0 atom stereocenters. The van der Waals surface area contributed by atoms with Crippen LogP contribution in [0.2, 0.25) is 0 Å². The van der Waals surface area contributed by atoms with Gasteiger partial charge in [0.2, 0.25) is 0 Å². The lowest BCUT2D eigenvalue weighted by Gasteiger charge is -2.10. The second-order valence-electron chi connectivity index (χ2n) is 6.20. The quantitative estimate of drug-likeness (QED) is 0.182. The predicted molar refractivity (Wildman–Crippen MR) is 122 cm³/mol. The minimum atomic E-state index is -0.618. The van der Waals surface area contributed by atoms with Gasteiger partial charge in [-0.2, -0.15) is 5.10 Å². The number of non-ortho nitro benzene ring substituents is 1. The molecule has 10 nitrogen and oxygen atoms in total. The molecule has 0 saturated carbocycles. The molecule has 0 aliphatic carbocycles. The van der Waals surface area contributed by atoms with E-state index in [0.717, 1.165) is 0 Å². The van der Waals surface area contributed by atoms with Crippen LogP contribution >= 0.6 is 31.9 Å². The van der Waals surface area contributed by atoms with Gasteiger partial charge in [-0.1, -0.05) is 0 Å². The molecule has 0 spiro atoms. The molecule has 0 bridgehead atoms. The van der Waals surface area contributed by atoms with Gasteiger partial charge < -0.3 is 13.9 Å². The minimum Gasteiger partial charge on any atom is -0.480 e. The number of rotatable bonds is 8. The Morgan fingerprint density at radius 3 is 2.59 bits per heavy atom. The lowest BCUT2D eigenvalue weighted by atomic mass is 10.2. The Balaban J connectivity index is 1.66. The normalized spacial score (nSPS) is 11.0. The van der Waals surface area contributed by atoms with Gasteiger partial charge in [0.1, 0.15) is 11.3 Å². The maximum Gasteiger partial charge on any atom is 0.344 e. The molecular weight excluding hydrogens is 554 g/mol. The number of amides is 1. The molecule has 3 rings (SSSR count). The van der Waals surface area contributed by atoms with Crippen molar-refractivity contribution < 1.29 is 28.4 Å². The fourth-order valence-corrected chi connectivity index (χ4v) is 4.05. The Morgan fingerprint density at radius 2 is 1.94 bits per heavy atom. The second-order valence-corrected chi connectivity index (χ2v) is 7.91. The molecule has 2 aromatic carbocycles. The number of hydrogen-bond acceptors (Lipinski definition) is 8. The van der Waals surface area contributed by atoms with Crippen molar-refractivity contribution in [2.45, 2.75) is 6.92 Å². The Kier molecular flexibility index (Phi) is 7.59. The third-order valence-electron chi connectivity index (χ3n) is 3.97. The number of carbonyl (C=O) groups excluding carboxylic acids is 2. The number of halogens is 2. The summed E-state index contributed by atoms with van der Waals surface area (Å²) in [6, 6.07) is 8.80. The SMILES string of the molecule is CCOC(=O)COc1c(Br)cc(/C=N\NC(=O)c2cc3cc([N+](=O)[O-])ccc3o2)cc1Br. The van der Waals surface area contributed by atoms with Crippen LogP contribution in [0.15, 0.2) is 54.9 Å². The third-order valence-corrected chi connectivity index (χ3v) is 5.15. The first-order valence-corrected chi connectivity index (χ1v) is 10.7. The van der Waals surface area contributed by atoms with Crippen LogP contribution in [0.3, 0.4) is 0 Å². The zero-order valence-electron chi connectivity index (χ0n) is 16.5. The van der Waals surface area contributed by atoms with Crippen LogP contribution in [0, 0.1) is 10.1 Å². The standard InChI is InChI=1S/C20H15Br2N3O7/c1-2-30-18(26)10-31-19-14(21)5-11(6-15(19)22)9-23-24-20(27)17-8-12-7-13(25(28)29)3-4-16(12)32-17/h3-9H,2,10H2,1H3,(H,24,27)/b23-9-. The average molecular weight is 569 g/mol. The first kappa shape index (κ1) is 23.4. The predicted octanol–water partition coefficient (Wildman–Crippen LogP) is 4.57. The smallest absolute Gasteiger partial charge is 0.344 e. The summed E-state index contributed by atoms with van der Waals surface area (Å²) in [5.41, 5.74) is 3.19. The molecule has 0 saturated heterocycles. The largest absolute Gasteiger partial charge is 0.480 e. The minimum absolute atomic E-state index is 0.0391. The van der Waals surface area contributed by atoms with Gasteiger partial charge in [-0.25, -0.2) is 10.2 Å². The van der Waals surface area contributed by atoms with E-state index in [4.69, 9.17) is 13.9 Å². The van der Waals surface area contributed by atoms with Gasteiger partial charge in [0, 0.05) is 17.5 Å². The molecule has 1 aromatic heterocycles. The van der Waals surface area contributed by atoms with E-state index in [1.807, 2.05) is 0 Å². The summed E-state index contributed by atoms with van der Waals surface area (Å²) < 4.78 is 16.8. The summed E-state index contributed by atoms with van der Waals surface area (Å²) in [5, 5.41) is 15.2. The third kappa shape index (κ3) is 5.71. The number of ether oxygens (including phenoxy) is 2. The average Bonchev–Trinajstić information content (AvgIpc) is 3.16. The summed E-state index contributed by atoms with van der Waals surface area (Å²) in [4.78, 5) is 34.1. The van der Waals surface area contributed by atoms with Crippen LogP contribution in [0.4, 0.5) is 5.69 Å². The number of nitrogens with one attached hydrogen (secondary N) is 1. The van der Waals surface area contributed by atoms with Crippen LogP contribution < -0.4 is 10.2 Å². The number of esters is 1. The van der Waals surface area contributed by atoms with Crippen molar-refractivity contribution >= 4 is 66.6 Å². The van der Waals surface area contributed by atoms with Gasteiger partial charge in [0.05, 0.1) is 26.7 Å². The Labute approximate surface area is 198 Å². The number of nitrogens with zero attached hydrogens (tertiary/aromatic N) is 2. The van der Waals surface area contributed by atoms with Crippen molar-refractivity contribution in [1.82, 2.24) is 5.43 Å². The van der Waals surface area contributed by atoms with E-state index in [9.17, 15) is 19.7 Å². The van der Waals surface area contributed by atoms with Crippen molar-refractivity contribution in [2.24, 2.45) is 5.10 Å². The van der Waals surface area contributed by atoms with E-state index >= 15 is 0 Å². The van der Waals surface area contributed by atoms with Crippen molar-refractivity contribution in [3.8, 4) is 5.75 Å². The second kappa shape index (κ2) is 10.4. The highest BCUT2D eigenvalue weighted by molar-refractivity contribution is 9.11. The Hall–Kier alpha value is -3.25. The molecule has 0 radical (unpaired) electrons. The van der Waals surface area contributed by atoms with Crippen molar-refractivity contribution in [2.75, 3.05) is 13.2 Å². The van der Waals surface area contributed by atoms with Crippen LogP contribution in [0.5, 0.6) is 5.75 Å². The zero-order valence-corrected chi connectivity index (χ0v) is 19.6. The highest BCUT2D eigenvalue weighted by Gasteiger charge is 2.15. The van der Waals surface area contributed by atoms with E-state index < -0.39 is 16.8 Å².